The fourth-order valence-corrected chi connectivity index (χ4v) is 4.17. The number of carbonyl (C=O) groups excluding carboxylic acids is 2. The number of benzene rings is 1. The Labute approximate surface area is 216 Å². The van der Waals surface area contributed by atoms with Gasteiger partial charge in [-0.2, -0.15) is 0 Å². The minimum atomic E-state index is -0.677. The van der Waals surface area contributed by atoms with E-state index in [0.717, 1.165) is 0 Å². The Morgan fingerprint density at radius 3 is 2.39 bits per heavy atom. The SMILES string of the molecule is Cc1[nH]c(C(=O)Nc2ccc(-c3n[nH]c(=O)o3)cc2N2CCN(C(=O)OC(C)(C)C)CC2)c(Cl)c1Cl. The lowest BCUT2D eigenvalue weighted by atomic mass is 10.1. The number of nitrogens with one attached hydrogen (secondary N) is 3. The van der Waals surface area contributed by atoms with Crippen LogP contribution in [0.3, 0.4) is 0 Å². The fourth-order valence-electron chi connectivity index (χ4n) is 3.75. The second-order valence-electron chi connectivity index (χ2n) is 9.31. The largest absolute Gasteiger partial charge is 0.444 e. The second-order valence-corrected chi connectivity index (χ2v) is 10.1. The number of hydrogen-bond acceptors (Lipinski definition) is 7. The molecule has 3 heterocycles. The van der Waals surface area contributed by atoms with Gasteiger partial charge in [-0.15, -0.1) is 5.10 Å². The van der Waals surface area contributed by atoms with Crippen molar-refractivity contribution < 1.29 is 18.7 Å². The van der Waals surface area contributed by atoms with Crippen LogP contribution in [0.15, 0.2) is 27.4 Å². The summed E-state index contributed by atoms with van der Waals surface area (Å²) >= 11 is 12.4. The highest BCUT2D eigenvalue weighted by Gasteiger charge is 2.28. The molecule has 13 heteroatoms. The average Bonchev–Trinajstić information content (AvgIpc) is 3.37. The molecule has 0 aliphatic carbocycles. The third-order valence-electron chi connectivity index (χ3n) is 5.48. The van der Waals surface area contributed by atoms with E-state index in [4.69, 9.17) is 32.4 Å². The first-order valence-electron chi connectivity index (χ1n) is 11.2. The Morgan fingerprint density at radius 1 is 1.14 bits per heavy atom. The molecule has 4 rings (SSSR count). The Morgan fingerprint density at radius 2 is 1.83 bits per heavy atom. The summed E-state index contributed by atoms with van der Waals surface area (Å²) in [5.41, 5.74) is 1.81. The summed E-state index contributed by atoms with van der Waals surface area (Å²) in [7, 11) is 0. The van der Waals surface area contributed by atoms with Crippen LogP contribution in [0.1, 0.15) is 37.0 Å². The lowest BCUT2D eigenvalue weighted by molar-refractivity contribution is 0.0240. The lowest BCUT2D eigenvalue weighted by Gasteiger charge is -2.37. The molecule has 0 unspecified atom stereocenters. The molecule has 0 bridgehead atoms. The van der Waals surface area contributed by atoms with Gasteiger partial charge in [-0.25, -0.2) is 14.7 Å². The van der Waals surface area contributed by atoms with Crippen LogP contribution >= 0.6 is 23.2 Å². The summed E-state index contributed by atoms with van der Waals surface area (Å²) < 4.78 is 10.6. The number of aromatic nitrogens is 3. The minimum absolute atomic E-state index is 0.112. The predicted octanol–water partition coefficient (Wildman–Crippen LogP) is 4.28. The smallest absolute Gasteiger partial charge is 0.434 e. The van der Waals surface area contributed by atoms with Crippen LogP contribution in [-0.2, 0) is 4.74 Å². The van der Waals surface area contributed by atoms with E-state index >= 15 is 0 Å². The Hall–Kier alpha value is -3.44. The molecule has 1 aromatic carbocycles. The molecule has 2 aromatic heterocycles. The number of nitrogens with zero attached hydrogens (tertiary/aromatic N) is 3. The Bertz CT molecular complexity index is 1350. The van der Waals surface area contributed by atoms with Gasteiger partial charge < -0.3 is 29.3 Å². The van der Waals surface area contributed by atoms with E-state index in [1.165, 1.54) is 0 Å². The van der Waals surface area contributed by atoms with Crippen molar-refractivity contribution in [1.82, 2.24) is 20.1 Å². The van der Waals surface area contributed by atoms with Crippen LogP contribution in [0.25, 0.3) is 11.5 Å². The molecular formula is C23H26Cl2N6O5. The van der Waals surface area contributed by atoms with Crippen molar-refractivity contribution in [3.63, 3.8) is 0 Å². The van der Waals surface area contributed by atoms with Gasteiger partial charge in [-0.3, -0.25) is 4.79 Å². The molecule has 3 N–H and O–H groups in total. The van der Waals surface area contributed by atoms with Crippen molar-refractivity contribution in [2.24, 2.45) is 0 Å². The first-order chi connectivity index (χ1) is 16.9. The van der Waals surface area contributed by atoms with E-state index in [9.17, 15) is 14.4 Å². The molecule has 3 aromatic rings. The number of aryl methyl sites for hydroxylation is 1. The molecule has 0 radical (unpaired) electrons. The quantitative estimate of drug-likeness (QED) is 0.452. The fraction of sp³-hybridized carbons (Fsp3) is 0.391. The van der Waals surface area contributed by atoms with Crippen LogP contribution < -0.4 is 16.0 Å². The Kier molecular flexibility index (Phi) is 7.05. The normalized spacial score (nSPS) is 14.2. The maximum Gasteiger partial charge on any atom is 0.434 e. The van der Waals surface area contributed by atoms with Gasteiger partial charge >= 0.3 is 11.8 Å². The van der Waals surface area contributed by atoms with Gasteiger partial charge in [0.1, 0.15) is 11.3 Å². The summed E-state index contributed by atoms with van der Waals surface area (Å²) in [6, 6.07) is 5.11. The van der Waals surface area contributed by atoms with Gasteiger partial charge in [0.2, 0.25) is 5.89 Å². The van der Waals surface area contributed by atoms with Crippen LogP contribution in [0.5, 0.6) is 0 Å². The van der Waals surface area contributed by atoms with Crippen LogP contribution in [-0.4, -0.2) is 63.9 Å². The van der Waals surface area contributed by atoms with Gasteiger partial charge in [-0.05, 0) is 45.9 Å². The summed E-state index contributed by atoms with van der Waals surface area (Å²) in [5.74, 6) is -1.03. The van der Waals surface area contributed by atoms with Crippen molar-refractivity contribution in [3.05, 3.63) is 50.2 Å². The number of rotatable bonds is 4. The molecule has 2 amide bonds. The van der Waals surface area contributed by atoms with Crippen LogP contribution in [0.4, 0.5) is 16.2 Å². The average molecular weight is 537 g/mol. The third-order valence-corrected chi connectivity index (χ3v) is 6.43. The number of halogens is 2. The molecule has 192 valence electrons. The van der Waals surface area contributed by atoms with E-state index in [1.807, 2.05) is 25.7 Å². The minimum Gasteiger partial charge on any atom is -0.444 e. The number of piperazine rings is 1. The van der Waals surface area contributed by atoms with Crippen LogP contribution in [0, 0.1) is 6.92 Å². The monoisotopic (exact) mass is 536 g/mol. The van der Waals surface area contributed by atoms with Crippen molar-refractivity contribution >= 4 is 46.6 Å². The number of hydrogen-bond donors (Lipinski definition) is 3. The van der Waals surface area contributed by atoms with Crippen molar-refractivity contribution in [1.29, 1.82) is 0 Å². The zero-order valence-electron chi connectivity index (χ0n) is 20.2. The molecular weight excluding hydrogens is 511 g/mol. The number of anilines is 2. The van der Waals surface area contributed by atoms with Gasteiger partial charge in [0.15, 0.2) is 0 Å². The maximum absolute atomic E-state index is 13.0. The number of H-pyrrole nitrogens is 2. The van der Waals surface area contributed by atoms with Gasteiger partial charge in [0.05, 0.1) is 21.4 Å². The standard InChI is InChI=1S/C23H26Cl2N6O5/c1-12-16(24)17(25)18(26-12)19(32)27-14-6-5-13(20-28-29-21(33)35-20)11-15(14)30-7-9-31(10-8-30)22(34)36-23(2,3)4/h5-6,11,26H,7-10H2,1-4H3,(H,27,32)(H,29,33). The summed E-state index contributed by atoms with van der Waals surface area (Å²) in [5, 5.41) is 9.42. The molecule has 1 aliphatic heterocycles. The predicted molar refractivity (Wildman–Crippen MR) is 136 cm³/mol. The number of amides is 2. The zero-order valence-corrected chi connectivity index (χ0v) is 21.7. The molecule has 0 saturated carbocycles. The molecule has 0 spiro atoms. The first kappa shape index (κ1) is 25.6. The third kappa shape index (κ3) is 5.52. The van der Waals surface area contributed by atoms with Gasteiger partial charge in [0.25, 0.3) is 5.91 Å². The van der Waals surface area contributed by atoms with E-state index in [-0.39, 0.29) is 27.7 Å². The lowest BCUT2D eigenvalue weighted by Crippen LogP contribution is -2.50. The summed E-state index contributed by atoms with van der Waals surface area (Å²) in [6.45, 7) is 8.96. The second kappa shape index (κ2) is 9.90. The van der Waals surface area contributed by atoms with Crippen molar-refractivity contribution in [3.8, 4) is 11.5 Å². The maximum atomic E-state index is 13.0. The first-order valence-corrected chi connectivity index (χ1v) is 12.0. The molecule has 36 heavy (non-hydrogen) atoms. The molecule has 1 fully saturated rings. The van der Waals surface area contributed by atoms with E-state index < -0.39 is 17.3 Å². The zero-order chi connectivity index (χ0) is 26.2. The Balaban J connectivity index is 1.61. The van der Waals surface area contributed by atoms with E-state index in [0.29, 0.717) is 48.8 Å². The topological polar surface area (TPSA) is 137 Å². The van der Waals surface area contributed by atoms with Gasteiger partial charge in [-0.1, -0.05) is 23.2 Å². The van der Waals surface area contributed by atoms with E-state index in [2.05, 4.69) is 20.5 Å². The number of aromatic amines is 2. The van der Waals surface area contributed by atoms with E-state index in [1.54, 1.807) is 30.0 Å². The molecule has 1 aliphatic rings. The molecule has 0 atom stereocenters. The van der Waals surface area contributed by atoms with Crippen molar-refractivity contribution in [2.75, 3.05) is 36.4 Å². The summed E-state index contributed by atoms with van der Waals surface area (Å²) in [4.78, 5) is 43.5. The number of carbonyl (C=O) groups is 2. The molecule has 1 saturated heterocycles. The van der Waals surface area contributed by atoms with Crippen molar-refractivity contribution in [2.45, 2.75) is 33.3 Å². The van der Waals surface area contributed by atoms with Crippen LogP contribution in [0.2, 0.25) is 10.0 Å². The van der Waals surface area contributed by atoms with Gasteiger partial charge in [0, 0.05) is 37.4 Å². The highest BCUT2D eigenvalue weighted by atomic mass is 35.5. The molecule has 11 nitrogen and oxygen atoms in total. The number of ether oxygens (including phenoxy) is 1. The highest BCUT2D eigenvalue weighted by molar-refractivity contribution is 6.44. The highest BCUT2D eigenvalue weighted by Crippen LogP contribution is 2.34. The summed E-state index contributed by atoms with van der Waals surface area (Å²) in [6.07, 6.45) is -0.378.